The topological polar surface area (TPSA) is 36.4 Å². The molecule has 2 heterocycles. The van der Waals surface area contributed by atoms with Gasteiger partial charge in [0.15, 0.2) is 0 Å². The third kappa shape index (κ3) is 3.59. The van der Waals surface area contributed by atoms with Crippen molar-refractivity contribution in [3.63, 3.8) is 0 Å². The van der Waals surface area contributed by atoms with E-state index in [9.17, 15) is 9.50 Å². The summed E-state index contributed by atoms with van der Waals surface area (Å²) in [4.78, 5) is 7.03. The van der Waals surface area contributed by atoms with Crippen molar-refractivity contribution < 1.29 is 9.50 Å². The van der Waals surface area contributed by atoms with Crippen LogP contribution in [0, 0.1) is 5.82 Å². The van der Waals surface area contributed by atoms with E-state index in [0.717, 1.165) is 31.4 Å². The molecule has 130 valence electrons. The summed E-state index contributed by atoms with van der Waals surface area (Å²) in [5, 5.41) is 11.6. The molecular formula is C20H21FN2OS. The Balaban J connectivity index is 1.46. The van der Waals surface area contributed by atoms with Crippen LogP contribution in [0.4, 0.5) is 4.39 Å². The number of thiazole rings is 1. The number of aromatic nitrogens is 1. The Morgan fingerprint density at radius 2 is 2.00 bits per heavy atom. The van der Waals surface area contributed by atoms with Crippen LogP contribution >= 0.6 is 11.3 Å². The molecule has 0 aliphatic carbocycles. The van der Waals surface area contributed by atoms with Gasteiger partial charge in [-0.2, -0.15) is 0 Å². The number of β-amino-alcohol motifs (C(OH)–C–C–N with tert-alkyl or cyclic N) is 1. The molecule has 1 aliphatic rings. The standard InChI is InChI=1S/C20H21FN2OS/c21-16-8-2-1-7-15(16)18(24)13-23-11-5-6-14(12-23)20-22-17-9-3-4-10-19(17)25-20/h1-4,7-10,14,18,24H,5-6,11-13H2/t14-,18+/m0/s1. The average molecular weight is 356 g/mol. The molecule has 1 fully saturated rings. The molecule has 1 saturated heterocycles. The van der Waals surface area contributed by atoms with E-state index in [-0.39, 0.29) is 5.82 Å². The second-order valence-electron chi connectivity index (χ2n) is 6.66. The van der Waals surface area contributed by atoms with E-state index in [1.54, 1.807) is 29.5 Å². The molecular weight excluding hydrogens is 335 g/mol. The molecule has 0 saturated carbocycles. The number of fused-ring (bicyclic) bond motifs is 1. The highest BCUT2D eigenvalue weighted by Gasteiger charge is 2.26. The van der Waals surface area contributed by atoms with Gasteiger partial charge in [0.25, 0.3) is 0 Å². The molecule has 1 aromatic heterocycles. The van der Waals surface area contributed by atoms with Crippen LogP contribution in [0.3, 0.4) is 0 Å². The van der Waals surface area contributed by atoms with Gasteiger partial charge in [-0.3, -0.25) is 4.90 Å². The quantitative estimate of drug-likeness (QED) is 0.755. The molecule has 3 nitrogen and oxygen atoms in total. The van der Waals surface area contributed by atoms with Crippen molar-refractivity contribution in [2.45, 2.75) is 24.9 Å². The molecule has 1 aliphatic heterocycles. The van der Waals surface area contributed by atoms with Crippen LogP contribution in [0.2, 0.25) is 0 Å². The lowest BCUT2D eigenvalue weighted by Crippen LogP contribution is -2.37. The molecule has 25 heavy (non-hydrogen) atoms. The highest BCUT2D eigenvalue weighted by atomic mass is 32.1. The first-order valence-electron chi connectivity index (χ1n) is 8.71. The van der Waals surface area contributed by atoms with E-state index in [1.165, 1.54) is 15.8 Å². The number of halogens is 1. The molecule has 0 radical (unpaired) electrons. The minimum Gasteiger partial charge on any atom is -0.387 e. The van der Waals surface area contributed by atoms with Gasteiger partial charge in [0.1, 0.15) is 5.82 Å². The zero-order chi connectivity index (χ0) is 17.2. The normalized spacial score (nSPS) is 20.0. The second kappa shape index (κ2) is 7.20. The van der Waals surface area contributed by atoms with Gasteiger partial charge >= 0.3 is 0 Å². The molecule has 5 heteroatoms. The van der Waals surface area contributed by atoms with Crippen molar-refractivity contribution in [2.24, 2.45) is 0 Å². The Morgan fingerprint density at radius 1 is 1.20 bits per heavy atom. The second-order valence-corrected chi connectivity index (χ2v) is 7.72. The van der Waals surface area contributed by atoms with Crippen LogP contribution in [0.5, 0.6) is 0 Å². The fraction of sp³-hybridized carbons (Fsp3) is 0.350. The van der Waals surface area contributed by atoms with E-state index in [0.29, 0.717) is 18.0 Å². The fourth-order valence-electron chi connectivity index (χ4n) is 3.58. The minimum absolute atomic E-state index is 0.338. The first-order valence-corrected chi connectivity index (χ1v) is 9.52. The number of hydrogen-bond acceptors (Lipinski definition) is 4. The maximum atomic E-state index is 13.9. The van der Waals surface area contributed by atoms with Gasteiger partial charge in [-0.25, -0.2) is 9.37 Å². The summed E-state index contributed by atoms with van der Waals surface area (Å²) in [7, 11) is 0. The van der Waals surface area contributed by atoms with Crippen LogP contribution in [-0.4, -0.2) is 34.6 Å². The van der Waals surface area contributed by atoms with Gasteiger partial charge in [0, 0.05) is 24.6 Å². The number of piperidine rings is 1. The van der Waals surface area contributed by atoms with Crippen LogP contribution in [0.1, 0.15) is 35.4 Å². The smallest absolute Gasteiger partial charge is 0.129 e. The SMILES string of the molecule is O[C@H](CN1CCC[C@H](c2nc3ccccc3s2)C1)c1ccccc1F. The number of likely N-dealkylation sites (tertiary alicyclic amines) is 1. The van der Waals surface area contributed by atoms with E-state index in [1.807, 2.05) is 12.1 Å². The Hall–Kier alpha value is -1.82. The van der Waals surface area contributed by atoms with Gasteiger partial charge in [-0.1, -0.05) is 30.3 Å². The van der Waals surface area contributed by atoms with Crippen molar-refractivity contribution >= 4 is 21.6 Å². The van der Waals surface area contributed by atoms with Gasteiger partial charge in [-0.05, 0) is 37.6 Å². The third-order valence-electron chi connectivity index (χ3n) is 4.86. The number of nitrogens with zero attached hydrogens (tertiary/aromatic N) is 2. The first kappa shape index (κ1) is 16.6. The Kier molecular flexibility index (Phi) is 4.79. The number of rotatable bonds is 4. The highest BCUT2D eigenvalue weighted by Crippen LogP contribution is 2.33. The third-order valence-corrected chi connectivity index (χ3v) is 6.06. The Bertz CT molecular complexity index is 833. The predicted octanol–water partition coefficient (Wildman–Crippen LogP) is 4.35. The summed E-state index contributed by atoms with van der Waals surface area (Å²) in [5.74, 6) is 0.0497. The van der Waals surface area contributed by atoms with Crippen LogP contribution in [0.15, 0.2) is 48.5 Å². The van der Waals surface area contributed by atoms with Crippen LogP contribution < -0.4 is 0 Å². The summed E-state index contributed by atoms with van der Waals surface area (Å²) in [5.41, 5.74) is 1.44. The summed E-state index contributed by atoms with van der Waals surface area (Å²) in [6, 6.07) is 14.7. The number of benzene rings is 2. The highest BCUT2D eigenvalue weighted by molar-refractivity contribution is 7.18. The zero-order valence-corrected chi connectivity index (χ0v) is 14.8. The first-order chi connectivity index (χ1) is 12.2. The molecule has 0 unspecified atom stereocenters. The molecule has 3 aromatic rings. The molecule has 4 rings (SSSR count). The van der Waals surface area contributed by atoms with E-state index >= 15 is 0 Å². The van der Waals surface area contributed by atoms with Gasteiger partial charge in [-0.15, -0.1) is 11.3 Å². The Morgan fingerprint density at radius 3 is 2.84 bits per heavy atom. The maximum Gasteiger partial charge on any atom is 0.129 e. The largest absolute Gasteiger partial charge is 0.387 e. The van der Waals surface area contributed by atoms with Crippen molar-refractivity contribution in [3.05, 3.63) is 64.9 Å². The Labute approximate surface area is 150 Å². The van der Waals surface area contributed by atoms with Crippen LogP contribution in [-0.2, 0) is 0 Å². The molecule has 2 atom stereocenters. The number of hydrogen-bond donors (Lipinski definition) is 1. The zero-order valence-electron chi connectivity index (χ0n) is 13.9. The van der Waals surface area contributed by atoms with E-state index < -0.39 is 6.10 Å². The lowest BCUT2D eigenvalue weighted by Gasteiger charge is -2.33. The summed E-state index contributed by atoms with van der Waals surface area (Å²) in [6.45, 7) is 2.26. The van der Waals surface area contributed by atoms with Gasteiger partial charge in [0.05, 0.1) is 21.3 Å². The summed E-state index contributed by atoms with van der Waals surface area (Å²) >= 11 is 1.76. The molecule has 2 aromatic carbocycles. The van der Waals surface area contributed by atoms with Gasteiger partial charge in [0.2, 0.25) is 0 Å². The van der Waals surface area contributed by atoms with Crippen molar-refractivity contribution in [2.75, 3.05) is 19.6 Å². The lowest BCUT2D eigenvalue weighted by molar-refractivity contribution is 0.0930. The van der Waals surface area contributed by atoms with E-state index in [2.05, 4.69) is 17.0 Å². The number of aliphatic hydroxyl groups excluding tert-OH is 1. The summed E-state index contributed by atoms with van der Waals surface area (Å²) in [6.07, 6.45) is 1.40. The summed E-state index contributed by atoms with van der Waals surface area (Å²) < 4.78 is 15.1. The predicted molar refractivity (Wildman–Crippen MR) is 99.4 cm³/mol. The lowest BCUT2D eigenvalue weighted by atomic mass is 9.97. The van der Waals surface area contributed by atoms with Gasteiger partial charge < -0.3 is 5.11 Å². The number of aliphatic hydroxyl groups is 1. The molecule has 0 bridgehead atoms. The van der Waals surface area contributed by atoms with Crippen molar-refractivity contribution in [1.82, 2.24) is 9.88 Å². The van der Waals surface area contributed by atoms with Crippen molar-refractivity contribution in [1.29, 1.82) is 0 Å². The monoisotopic (exact) mass is 356 g/mol. The molecule has 0 spiro atoms. The average Bonchev–Trinajstić information content (AvgIpc) is 3.06. The van der Waals surface area contributed by atoms with Crippen molar-refractivity contribution in [3.8, 4) is 0 Å². The van der Waals surface area contributed by atoms with E-state index in [4.69, 9.17) is 4.98 Å². The maximum absolute atomic E-state index is 13.9. The number of para-hydroxylation sites is 1. The minimum atomic E-state index is -0.796. The fourth-order valence-corrected chi connectivity index (χ4v) is 4.67. The molecule has 1 N–H and O–H groups in total. The molecule has 0 amide bonds. The van der Waals surface area contributed by atoms with Crippen LogP contribution in [0.25, 0.3) is 10.2 Å².